The maximum absolute atomic E-state index is 10.9. The Kier molecular flexibility index (Phi) is 3.91. The Bertz CT molecular complexity index is 490. The second-order valence-electron chi connectivity index (χ2n) is 4.90. The van der Waals surface area contributed by atoms with Crippen LogP contribution in [0, 0.1) is 0 Å². The van der Waals surface area contributed by atoms with E-state index in [1.165, 1.54) is 11.8 Å². The highest BCUT2D eigenvalue weighted by atomic mass is 32.2. The van der Waals surface area contributed by atoms with Gasteiger partial charge in [-0.1, -0.05) is 6.07 Å². The molecule has 3 N–H and O–H groups in total. The number of nitrogens with two attached hydrogens (primary N) is 1. The van der Waals surface area contributed by atoms with Crippen molar-refractivity contribution in [2.45, 2.75) is 30.4 Å². The van der Waals surface area contributed by atoms with Crippen LogP contribution >= 0.6 is 11.8 Å². The molecule has 0 amide bonds. The van der Waals surface area contributed by atoms with E-state index >= 15 is 0 Å². The topological polar surface area (TPSA) is 81.8 Å². The molecule has 0 saturated heterocycles. The van der Waals surface area contributed by atoms with Crippen LogP contribution in [-0.4, -0.2) is 28.7 Å². The van der Waals surface area contributed by atoms with Gasteiger partial charge in [-0.3, -0.25) is 4.79 Å². The van der Waals surface area contributed by atoms with Crippen molar-refractivity contribution < 1.29 is 19.4 Å². The zero-order chi connectivity index (χ0) is 14.0. The average Bonchev–Trinajstić information content (AvgIpc) is 2.82. The van der Waals surface area contributed by atoms with Crippen LogP contribution in [0.15, 0.2) is 18.2 Å². The molecule has 1 aromatic carbocycles. The van der Waals surface area contributed by atoms with Crippen molar-refractivity contribution >= 4 is 17.7 Å². The molecule has 0 bridgehead atoms. The van der Waals surface area contributed by atoms with Crippen molar-refractivity contribution in [3.63, 3.8) is 0 Å². The maximum atomic E-state index is 10.9. The molecule has 0 spiro atoms. The number of benzene rings is 1. The Hall–Kier alpha value is -1.40. The molecule has 19 heavy (non-hydrogen) atoms. The number of thioether (sulfide) groups is 1. The summed E-state index contributed by atoms with van der Waals surface area (Å²) in [6, 6.07) is 4.83. The highest BCUT2D eigenvalue weighted by molar-refractivity contribution is 7.99. The van der Waals surface area contributed by atoms with Gasteiger partial charge in [0.15, 0.2) is 11.5 Å². The van der Waals surface area contributed by atoms with Gasteiger partial charge in [0.05, 0.1) is 0 Å². The van der Waals surface area contributed by atoms with Gasteiger partial charge in [0.2, 0.25) is 6.79 Å². The summed E-state index contributed by atoms with van der Waals surface area (Å²) in [5, 5.41) is 8.97. The number of carbonyl (C=O) groups is 1. The lowest BCUT2D eigenvalue weighted by Crippen LogP contribution is -2.46. The Morgan fingerprint density at radius 3 is 2.84 bits per heavy atom. The van der Waals surface area contributed by atoms with Gasteiger partial charge in [0.1, 0.15) is 6.04 Å². The fourth-order valence-corrected chi connectivity index (χ4v) is 2.69. The third-order valence-electron chi connectivity index (χ3n) is 3.06. The number of hydrogen-bond acceptors (Lipinski definition) is 5. The SMILES string of the molecule is CC(C)(SCc1ccc2c(c1)OCO2)[C@@H](N)C(=O)O. The zero-order valence-electron chi connectivity index (χ0n) is 10.9. The highest BCUT2D eigenvalue weighted by Gasteiger charge is 2.32. The van der Waals surface area contributed by atoms with Crippen LogP contribution in [0.3, 0.4) is 0 Å². The second-order valence-corrected chi connectivity index (χ2v) is 6.53. The Balaban J connectivity index is 2.00. The number of aliphatic carboxylic acids is 1. The normalized spacial score (nSPS) is 15.3. The summed E-state index contributed by atoms with van der Waals surface area (Å²) in [5.41, 5.74) is 6.74. The van der Waals surface area contributed by atoms with Crippen LogP contribution in [0.4, 0.5) is 0 Å². The molecule has 0 radical (unpaired) electrons. The number of rotatable bonds is 5. The molecule has 0 aromatic heterocycles. The van der Waals surface area contributed by atoms with Crippen LogP contribution in [-0.2, 0) is 10.5 Å². The maximum Gasteiger partial charge on any atom is 0.321 e. The first-order valence-electron chi connectivity index (χ1n) is 5.91. The molecule has 1 aromatic rings. The molecule has 1 atom stereocenters. The minimum atomic E-state index is -0.983. The third kappa shape index (κ3) is 3.13. The van der Waals surface area contributed by atoms with Crippen molar-refractivity contribution in [2.75, 3.05) is 6.79 Å². The summed E-state index contributed by atoms with van der Waals surface area (Å²) in [6.45, 7) is 3.92. The number of ether oxygens (including phenoxy) is 2. The van der Waals surface area contributed by atoms with E-state index in [-0.39, 0.29) is 6.79 Å². The second kappa shape index (κ2) is 5.30. The summed E-state index contributed by atoms with van der Waals surface area (Å²) in [6.07, 6.45) is 0. The average molecular weight is 283 g/mol. The molecule has 5 nitrogen and oxygen atoms in total. The lowest BCUT2D eigenvalue weighted by molar-refractivity contribution is -0.139. The first kappa shape index (κ1) is 14.0. The van der Waals surface area contributed by atoms with Crippen molar-refractivity contribution in [3.8, 4) is 11.5 Å². The van der Waals surface area contributed by atoms with Gasteiger partial charge >= 0.3 is 5.97 Å². The first-order valence-corrected chi connectivity index (χ1v) is 6.89. The van der Waals surface area contributed by atoms with Crippen LogP contribution in [0.5, 0.6) is 11.5 Å². The van der Waals surface area contributed by atoms with E-state index < -0.39 is 16.8 Å². The van der Waals surface area contributed by atoms with E-state index in [1.54, 1.807) is 0 Å². The van der Waals surface area contributed by atoms with E-state index in [0.717, 1.165) is 17.1 Å². The molecule has 1 heterocycles. The predicted molar refractivity (Wildman–Crippen MR) is 73.6 cm³/mol. The fourth-order valence-electron chi connectivity index (χ4n) is 1.69. The number of hydrogen-bond donors (Lipinski definition) is 2. The van der Waals surface area contributed by atoms with E-state index in [9.17, 15) is 4.79 Å². The van der Waals surface area contributed by atoms with E-state index in [4.69, 9.17) is 20.3 Å². The highest BCUT2D eigenvalue weighted by Crippen LogP contribution is 2.36. The largest absolute Gasteiger partial charge is 0.480 e. The molecule has 0 aliphatic carbocycles. The van der Waals surface area contributed by atoms with Crippen LogP contribution in [0.2, 0.25) is 0 Å². The lowest BCUT2D eigenvalue weighted by atomic mass is 10.1. The molecule has 104 valence electrons. The predicted octanol–water partition coefficient (Wildman–Crippen LogP) is 1.84. The van der Waals surface area contributed by atoms with Gasteiger partial charge in [-0.15, -0.1) is 11.8 Å². The number of carboxylic acid groups (broad SMARTS) is 1. The molecular weight excluding hydrogens is 266 g/mol. The van der Waals surface area contributed by atoms with Crippen LogP contribution in [0.1, 0.15) is 19.4 Å². The fraction of sp³-hybridized carbons (Fsp3) is 0.462. The van der Waals surface area contributed by atoms with E-state index in [2.05, 4.69) is 0 Å². The summed E-state index contributed by atoms with van der Waals surface area (Å²) in [5.74, 6) is 1.17. The van der Waals surface area contributed by atoms with Gasteiger partial charge < -0.3 is 20.3 Å². The zero-order valence-corrected chi connectivity index (χ0v) is 11.7. The molecule has 0 fully saturated rings. The standard InChI is InChI=1S/C13H17NO4S/c1-13(2,11(14)12(15)16)19-6-8-3-4-9-10(5-8)18-7-17-9/h3-5,11H,6-7,14H2,1-2H3,(H,15,16)/t11-/m0/s1. The molecule has 1 aliphatic heterocycles. The smallest absolute Gasteiger partial charge is 0.321 e. The summed E-state index contributed by atoms with van der Waals surface area (Å²) in [7, 11) is 0. The quantitative estimate of drug-likeness (QED) is 0.858. The Morgan fingerprint density at radius 2 is 2.16 bits per heavy atom. The third-order valence-corrected chi connectivity index (χ3v) is 4.54. The van der Waals surface area contributed by atoms with Gasteiger partial charge in [-0.25, -0.2) is 0 Å². The first-order chi connectivity index (χ1) is 8.90. The molecule has 2 rings (SSSR count). The van der Waals surface area contributed by atoms with Gasteiger partial charge in [-0.05, 0) is 31.5 Å². The molecule has 0 unspecified atom stereocenters. The monoisotopic (exact) mass is 283 g/mol. The number of fused-ring (bicyclic) bond motifs is 1. The van der Waals surface area contributed by atoms with Crippen LogP contribution in [0.25, 0.3) is 0 Å². The molecular formula is C13H17NO4S. The lowest BCUT2D eigenvalue weighted by Gasteiger charge is -2.28. The minimum Gasteiger partial charge on any atom is -0.480 e. The van der Waals surface area contributed by atoms with Crippen molar-refractivity contribution in [2.24, 2.45) is 5.73 Å². The van der Waals surface area contributed by atoms with Crippen molar-refractivity contribution in [3.05, 3.63) is 23.8 Å². The Morgan fingerprint density at radius 1 is 1.47 bits per heavy atom. The molecule has 0 saturated carbocycles. The summed E-state index contributed by atoms with van der Waals surface area (Å²) in [4.78, 5) is 10.9. The number of carboxylic acids is 1. The van der Waals surface area contributed by atoms with Gasteiger partial charge in [-0.2, -0.15) is 0 Å². The van der Waals surface area contributed by atoms with E-state index in [0.29, 0.717) is 5.75 Å². The van der Waals surface area contributed by atoms with Crippen molar-refractivity contribution in [1.82, 2.24) is 0 Å². The van der Waals surface area contributed by atoms with Gasteiger partial charge in [0, 0.05) is 10.5 Å². The Labute approximate surface area is 116 Å². The molecule has 6 heteroatoms. The minimum absolute atomic E-state index is 0.251. The molecule has 1 aliphatic rings. The van der Waals surface area contributed by atoms with Gasteiger partial charge in [0.25, 0.3) is 0 Å². The van der Waals surface area contributed by atoms with Crippen LogP contribution < -0.4 is 15.2 Å². The summed E-state index contributed by atoms with van der Waals surface area (Å²) >= 11 is 1.51. The van der Waals surface area contributed by atoms with Crippen molar-refractivity contribution in [1.29, 1.82) is 0 Å². The summed E-state index contributed by atoms with van der Waals surface area (Å²) < 4.78 is 10.0. The van der Waals surface area contributed by atoms with E-state index in [1.807, 2.05) is 32.0 Å².